The molecule has 5 N–H and O–H groups in total. The standard InChI is InChI=1S/C19H23N5O2/c1-25-15-4-2-3-13(9-15)14-10-16(17(20)24-11-14)19(22)26-18(21)12-5-7-23-8-6-12/h2-4,9-12,21-23H,5-8H2,1H3,(H2,20,24). The number of nitrogens with one attached hydrogen (secondary N) is 3. The number of nitrogens with zero attached hydrogens (tertiary/aromatic N) is 1. The second kappa shape index (κ2) is 7.97. The third-order valence-electron chi connectivity index (χ3n) is 4.49. The van der Waals surface area contributed by atoms with Crippen LogP contribution in [0.3, 0.4) is 0 Å². The number of benzene rings is 1. The molecule has 0 bridgehead atoms. The molecule has 1 fully saturated rings. The fraction of sp³-hybridized carbons (Fsp3) is 0.316. The molecule has 0 spiro atoms. The van der Waals surface area contributed by atoms with E-state index in [0.29, 0.717) is 5.56 Å². The van der Waals surface area contributed by atoms with Gasteiger partial charge in [0.1, 0.15) is 11.6 Å². The van der Waals surface area contributed by atoms with Crippen LogP contribution < -0.4 is 15.8 Å². The van der Waals surface area contributed by atoms with Gasteiger partial charge in [-0.25, -0.2) is 4.98 Å². The summed E-state index contributed by atoms with van der Waals surface area (Å²) in [7, 11) is 1.61. The highest BCUT2D eigenvalue weighted by Gasteiger charge is 2.22. The van der Waals surface area contributed by atoms with Crippen LogP contribution in [0.2, 0.25) is 0 Å². The summed E-state index contributed by atoms with van der Waals surface area (Å²) >= 11 is 0. The van der Waals surface area contributed by atoms with E-state index in [4.69, 9.17) is 26.0 Å². The lowest BCUT2D eigenvalue weighted by atomic mass is 9.98. The number of piperidine rings is 1. The van der Waals surface area contributed by atoms with Gasteiger partial charge in [0.05, 0.1) is 12.7 Å². The minimum Gasteiger partial charge on any atom is -0.497 e. The third-order valence-corrected chi connectivity index (χ3v) is 4.49. The van der Waals surface area contributed by atoms with Crippen LogP contribution in [0.25, 0.3) is 11.1 Å². The monoisotopic (exact) mass is 353 g/mol. The number of rotatable bonds is 4. The van der Waals surface area contributed by atoms with Crippen LogP contribution in [-0.4, -0.2) is 37.0 Å². The molecule has 0 atom stereocenters. The predicted octanol–water partition coefficient (Wildman–Crippen LogP) is 2.66. The Morgan fingerprint density at radius 2 is 1.96 bits per heavy atom. The van der Waals surface area contributed by atoms with Gasteiger partial charge in [-0.2, -0.15) is 0 Å². The number of pyridine rings is 1. The normalized spacial score (nSPS) is 14.7. The largest absolute Gasteiger partial charge is 0.497 e. The second-order valence-electron chi connectivity index (χ2n) is 6.21. The maximum Gasteiger partial charge on any atom is 0.224 e. The molecular weight excluding hydrogens is 330 g/mol. The van der Waals surface area contributed by atoms with Crippen molar-refractivity contribution in [3.05, 3.63) is 42.1 Å². The predicted molar refractivity (Wildman–Crippen MR) is 102 cm³/mol. The lowest BCUT2D eigenvalue weighted by Crippen LogP contribution is -2.33. The summed E-state index contributed by atoms with van der Waals surface area (Å²) in [6, 6.07) is 9.33. The summed E-state index contributed by atoms with van der Waals surface area (Å²) < 4.78 is 10.7. The number of nitrogens with two attached hydrogens (primary N) is 1. The van der Waals surface area contributed by atoms with Crippen molar-refractivity contribution < 1.29 is 9.47 Å². The molecule has 7 nitrogen and oxygen atoms in total. The lowest BCUT2D eigenvalue weighted by molar-refractivity contribution is 0.392. The third kappa shape index (κ3) is 4.00. The summed E-state index contributed by atoms with van der Waals surface area (Å²) in [5, 5.41) is 19.6. The summed E-state index contributed by atoms with van der Waals surface area (Å²) in [5.74, 6) is 0.943. The highest BCUT2D eigenvalue weighted by Crippen LogP contribution is 2.26. The Hall–Kier alpha value is -2.93. The second-order valence-corrected chi connectivity index (χ2v) is 6.21. The Morgan fingerprint density at radius 1 is 1.19 bits per heavy atom. The number of anilines is 1. The molecule has 2 aromatic rings. The Kier molecular flexibility index (Phi) is 5.48. The van der Waals surface area contributed by atoms with E-state index in [0.717, 1.165) is 42.8 Å². The van der Waals surface area contributed by atoms with Gasteiger partial charge in [0, 0.05) is 17.7 Å². The highest BCUT2D eigenvalue weighted by atomic mass is 16.5. The molecule has 3 rings (SSSR count). The number of aromatic nitrogens is 1. The topological polar surface area (TPSA) is 117 Å². The SMILES string of the molecule is COc1cccc(-c2cnc(N)c(C(=N)OC(=N)C3CCNCC3)c2)c1. The van der Waals surface area contributed by atoms with Crippen molar-refractivity contribution in [2.75, 3.05) is 25.9 Å². The van der Waals surface area contributed by atoms with E-state index in [2.05, 4.69) is 10.3 Å². The van der Waals surface area contributed by atoms with Gasteiger partial charge in [-0.15, -0.1) is 0 Å². The molecule has 0 radical (unpaired) electrons. The van der Waals surface area contributed by atoms with E-state index in [1.165, 1.54) is 0 Å². The molecule has 2 heterocycles. The maximum absolute atomic E-state index is 8.23. The number of ether oxygens (including phenoxy) is 2. The van der Waals surface area contributed by atoms with Crippen LogP contribution >= 0.6 is 0 Å². The molecule has 26 heavy (non-hydrogen) atoms. The molecule has 1 aliphatic heterocycles. The van der Waals surface area contributed by atoms with Gasteiger partial charge in [-0.3, -0.25) is 10.8 Å². The number of hydrogen-bond acceptors (Lipinski definition) is 7. The van der Waals surface area contributed by atoms with E-state index in [1.807, 2.05) is 24.3 Å². The molecule has 0 saturated carbocycles. The van der Waals surface area contributed by atoms with E-state index in [1.54, 1.807) is 19.4 Å². The van der Waals surface area contributed by atoms with Gasteiger partial charge >= 0.3 is 0 Å². The number of nitrogen functional groups attached to an aromatic ring is 1. The fourth-order valence-electron chi connectivity index (χ4n) is 2.95. The van der Waals surface area contributed by atoms with Crippen molar-refractivity contribution in [1.29, 1.82) is 10.8 Å². The van der Waals surface area contributed by atoms with E-state index < -0.39 is 0 Å². The zero-order valence-electron chi connectivity index (χ0n) is 14.7. The number of hydrogen-bond donors (Lipinski definition) is 4. The van der Waals surface area contributed by atoms with Crippen molar-refractivity contribution >= 4 is 17.6 Å². The van der Waals surface area contributed by atoms with E-state index in [-0.39, 0.29) is 23.5 Å². The first-order chi connectivity index (χ1) is 12.6. The van der Waals surface area contributed by atoms with Crippen molar-refractivity contribution in [2.45, 2.75) is 12.8 Å². The van der Waals surface area contributed by atoms with Gasteiger partial charge < -0.3 is 20.5 Å². The van der Waals surface area contributed by atoms with Crippen molar-refractivity contribution in [2.24, 2.45) is 5.92 Å². The Bertz CT molecular complexity index is 815. The van der Waals surface area contributed by atoms with Crippen LogP contribution in [0.1, 0.15) is 18.4 Å². The van der Waals surface area contributed by atoms with Crippen molar-refractivity contribution in [1.82, 2.24) is 10.3 Å². The molecule has 0 unspecified atom stereocenters. The molecule has 0 amide bonds. The lowest BCUT2D eigenvalue weighted by Gasteiger charge is -2.23. The molecular formula is C19H23N5O2. The van der Waals surface area contributed by atoms with E-state index in [9.17, 15) is 0 Å². The zero-order valence-corrected chi connectivity index (χ0v) is 14.7. The van der Waals surface area contributed by atoms with Gasteiger partial charge in [0.25, 0.3) is 0 Å². The minimum atomic E-state index is -0.150. The van der Waals surface area contributed by atoms with Crippen LogP contribution in [0.15, 0.2) is 36.5 Å². The van der Waals surface area contributed by atoms with Crippen LogP contribution in [-0.2, 0) is 4.74 Å². The Labute approximate surface area is 152 Å². The first-order valence-corrected chi connectivity index (χ1v) is 8.54. The average Bonchev–Trinajstić information content (AvgIpc) is 2.69. The maximum atomic E-state index is 8.23. The molecule has 0 aliphatic carbocycles. The molecule has 136 valence electrons. The molecule has 7 heteroatoms. The summed E-state index contributed by atoms with van der Waals surface area (Å²) in [4.78, 5) is 4.19. The highest BCUT2D eigenvalue weighted by molar-refractivity contribution is 6.03. The zero-order chi connectivity index (χ0) is 18.5. The minimum absolute atomic E-state index is 0.0346. The first-order valence-electron chi connectivity index (χ1n) is 8.54. The summed E-state index contributed by atoms with van der Waals surface area (Å²) in [5.41, 5.74) is 8.02. The molecule has 1 aromatic heterocycles. The molecule has 1 aromatic carbocycles. The van der Waals surface area contributed by atoms with Crippen LogP contribution in [0, 0.1) is 16.7 Å². The average molecular weight is 353 g/mol. The Balaban J connectivity index is 1.80. The molecule has 1 saturated heterocycles. The molecule has 1 aliphatic rings. The van der Waals surface area contributed by atoms with Gasteiger partial charge in [0.2, 0.25) is 5.90 Å². The summed E-state index contributed by atoms with van der Waals surface area (Å²) in [6.07, 6.45) is 3.33. The van der Waals surface area contributed by atoms with Crippen LogP contribution in [0.5, 0.6) is 5.75 Å². The van der Waals surface area contributed by atoms with Gasteiger partial charge in [0.15, 0.2) is 5.90 Å². The number of methoxy groups -OCH3 is 1. The summed E-state index contributed by atoms with van der Waals surface area (Å²) in [6.45, 7) is 1.72. The quantitative estimate of drug-likeness (QED) is 0.498. The van der Waals surface area contributed by atoms with Gasteiger partial charge in [-0.1, -0.05) is 12.1 Å². The van der Waals surface area contributed by atoms with E-state index >= 15 is 0 Å². The van der Waals surface area contributed by atoms with Gasteiger partial charge in [-0.05, 0) is 49.7 Å². The Morgan fingerprint density at radius 3 is 2.69 bits per heavy atom. The first kappa shape index (κ1) is 17.9. The van der Waals surface area contributed by atoms with Crippen molar-refractivity contribution in [3.63, 3.8) is 0 Å². The smallest absolute Gasteiger partial charge is 0.224 e. The fourth-order valence-corrected chi connectivity index (χ4v) is 2.95. The van der Waals surface area contributed by atoms with Crippen LogP contribution in [0.4, 0.5) is 5.82 Å². The van der Waals surface area contributed by atoms with Crippen molar-refractivity contribution in [3.8, 4) is 16.9 Å².